The number of alkyl halides is 3. The van der Waals surface area contributed by atoms with Crippen LogP contribution < -0.4 is 0 Å². The van der Waals surface area contributed by atoms with E-state index in [2.05, 4.69) is 9.47 Å². The molecule has 1 atom stereocenters. The molecule has 0 aliphatic heterocycles. The molecule has 5 nitrogen and oxygen atoms in total. The summed E-state index contributed by atoms with van der Waals surface area (Å²) >= 11 is 0. The molecule has 0 N–H and O–H groups in total. The van der Waals surface area contributed by atoms with E-state index in [1.165, 1.54) is 40.4 Å². The van der Waals surface area contributed by atoms with E-state index in [0.29, 0.717) is 0 Å². The van der Waals surface area contributed by atoms with Gasteiger partial charge in [0.05, 0.1) is 12.7 Å². The fourth-order valence-electron chi connectivity index (χ4n) is 1.45. The van der Waals surface area contributed by atoms with E-state index in [1.807, 2.05) is 0 Å². The molecule has 0 aromatic carbocycles. The summed E-state index contributed by atoms with van der Waals surface area (Å²) in [5.74, 6) is -3.60. The minimum Gasteiger partial charge on any atom is -0.463 e. The summed E-state index contributed by atoms with van der Waals surface area (Å²) in [6.07, 6.45) is -6.12. The van der Waals surface area contributed by atoms with E-state index >= 15 is 0 Å². The van der Waals surface area contributed by atoms with Crippen molar-refractivity contribution in [3.05, 3.63) is 0 Å². The monoisotopic (exact) mass is 330 g/mol. The largest absolute Gasteiger partial charge is 0.463 e. The van der Waals surface area contributed by atoms with Crippen molar-refractivity contribution >= 4 is 20.3 Å². The number of halogens is 3. The van der Waals surface area contributed by atoms with Gasteiger partial charge in [-0.15, -0.1) is 0 Å². The fraction of sp³-hybridized carbons (Fsp3) is 0.833. The Bertz CT molecular complexity index is 389. The summed E-state index contributed by atoms with van der Waals surface area (Å²) in [5, 5.41) is 0. The van der Waals surface area contributed by atoms with E-state index < -0.39 is 38.1 Å². The average Bonchev–Trinajstić information content (AvgIpc) is 2.21. The van der Waals surface area contributed by atoms with Crippen molar-refractivity contribution in [1.82, 2.24) is 0 Å². The molecule has 0 aromatic heterocycles. The zero-order valence-electron chi connectivity index (χ0n) is 13.0. The minimum absolute atomic E-state index is 0.319. The third-order valence-electron chi connectivity index (χ3n) is 2.05. The molecule has 0 aromatic rings. The van der Waals surface area contributed by atoms with Gasteiger partial charge in [0, 0.05) is 0 Å². The van der Waals surface area contributed by atoms with Crippen LogP contribution in [0.25, 0.3) is 0 Å². The van der Waals surface area contributed by atoms with Crippen LogP contribution in [0, 0.1) is 0 Å². The second kappa shape index (κ2) is 6.78. The Kier molecular flexibility index (Phi) is 6.43. The van der Waals surface area contributed by atoms with Gasteiger partial charge in [-0.3, -0.25) is 0 Å². The van der Waals surface area contributed by atoms with Gasteiger partial charge in [-0.2, -0.15) is 13.2 Å². The van der Waals surface area contributed by atoms with E-state index in [4.69, 9.17) is 4.43 Å². The molecule has 124 valence electrons. The quantitative estimate of drug-likeness (QED) is 0.426. The summed E-state index contributed by atoms with van der Waals surface area (Å²) in [6.45, 7) is 8.04. The van der Waals surface area contributed by atoms with Gasteiger partial charge in [0.25, 0.3) is 0 Å². The highest BCUT2D eigenvalue weighted by atomic mass is 28.4. The van der Waals surface area contributed by atoms with Gasteiger partial charge in [-0.05, 0) is 40.4 Å². The fourth-order valence-corrected chi connectivity index (χ4v) is 2.65. The predicted octanol–water partition coefficient (Wildman–Crippen LogP) is 2.65. The first-order chi connectivity index (χ1) is 9.28. The number of carbonyl (C=O) groups excluding carboxylic acids is 2. The topological polar surface area (TPSA) is 61.8 Å². The summed E-state index contributed by atoms with van der Waals surface area (Å²) in [7, 11) is -2.93. The van der Waals surface area contributed by atoms with Crippen LogP contribution in [0.1, 0.15) is 20.8 Å². The van der Waals surface area contributed by atoms with Gasteiger partial charge in [-0.25, -0.2) is 9.59 Å². The second-order valence-electron chi connectivity index (χ2n) is 5.57. The maximum atomic E-state index is 13.5. The van der Waals surface area contributed by atoms with Gasteiger partial charge in [0.1, 0.15) is 0 Å². The maximum Gasteiger partial charge on any atom is 0.438 e. The van der Waals surface area contributed by atoms with Gasteiger partial charge < -0.3 is 13.9 Å². The highest BCUT2D eigenvalue weighted by Gasteiger charge is 2.71. The molecule has 1 unspecified atom stereocenters. The summed E-state index contributed by atoms with van der Waals surface area (Å²) in [6, 6.07) is 0. The van der Waals surface area contributed by atoms with Gasteiger partial charge in [-0.1, -0.05) is 0 Å². The Labute approximate surface area is 122 Å². The molecule has 0 bridgehead atoms. The first-order valence-corrected chi connectivity index (χ1v) is 9.84. The van der Waals surface area contributed by atoms with Crippen LogP contribution in [0.4, 0.5) is 13.2 Å². The molecule has 0 fully saturated rings. The predicted molar refractivity (Wildman–Crippen MR) is 71.1 cm³/mol. The van der Waals surface area contributed by atoms with Crippen LogP contribution in [0.3, 0.4) is 0 Å². The minimum atomic E-state index is -5.29. The lowest BCUT2D eigenvalue weighted by Crippen LogP contribution is -2.65. The molecule has 21 heavy (non-hydrogen) atoms. The van der Waals surface area contributed by atoms with Crippen molar-refractivity contribution in [2.24, 2.45) is 0 Å². The number of hydrogen-bond donors (Lipinski definition) is 0. The van der Waals surface area contributed by atoms with E-state index in [0.717, 1.165) is 0 Å². The van der Waals surface area contributed by atoms with Crippen LogP contribution >= 0.6 is 0 Å². The van der Waals surface area contributed by atoms with E-state index in [1.54, 1.807) is 0 Å². The van der Waals surface area contributed by atoms with Crippen molar-refractivity contribution in [1.29, 1.82) is 0 Å². The molecule has 0 rings (SSSR count). The average molecular weight is 330 g/mol. The second-order valence-corrected chi connectivity index (χ2v) is 10.00. The maximum absolute atomic E-state index is 13.5. The number of rotatable bonds is 6. The molecule has 0 amide bonds. The molecular formula is C12H21F3O5Si. The van der Waals surface area contributed by atoms with E-state index in [-0.39, 0.29) is 6.61 Å². The van der Waals surface area contributed by atoms with Crippen LogP contribution in [0.15, 0.2) is 0 Å². The summed E-state index contributed by atoms with van der Waals surface area (Å²) in [5.41, 5.74) is -3.74. The number of carbonyl (C=O) groups is 2. The Balaban J connectivity index is 5.98. The van der Waals surface area contributed by atoms with Crippen molar-refractivity contribution < 1.29 is 36.7 Å². The highest BCUT2D eigenvalue weighted by Crippen LogP contribution is 2.38. The Morgan fingerprint density at radius 1 is 1.10 bits per heavy atom. The van der Waals surface area contributed by atoms with Crippen LogP contribution in [-0.4, -0.2) is 44.7 Å². The van der Waals surface area contributed by atoms with Crippen LogP contribution in [0.5, 0.6) is 0 Å². The number of hydrogen-bond acceptors (Lipinski definition) is 5. The molecule has 0 aliphatic carbocycles. The molecule has 0 saturated heterocycles. The van der Waals surface area contributed by atoms with Gasteiger partial charge in [0.15, 0.2) is 8.32 Å². The number of ether oxygens (including phenoxy) is 2. The smallest absolute Gasteiger partial charge is 0.438 e. The van der Waals surface area contributed by atoms with Crippen molar-refractivity contribution in [3.8, 4) is 0 Å². The normalized spacial score (nSPS) is 15.5. The standard InChI is InChI=1S/C12H21F3O5Si/c1-7-18-9(16)11(12(13,14)15,20-21(4,5)6)10(17)19-8(2)3/h8H,7H2,1-6H3. The first-order valence-electron chi connectivity index (χ1n) is 6.43. The molecule has 0 heterocycles. The van der Waals surface area contributed by atoms with Gasteiger partial charge >= 0.3 is 23.7 Å². The lowest BCUT2D eigenvalue weighted by molar-refractivity contribution is -0.259. The molecule has 0 spiro atoms. The number of esters is 2. The third kappa shape index (κ3) is 4.99. The summed E-state index contributed by atoms with van der Waals surface area (Å²) in [4.78, 5) is 23.8. The van der Waals surface area contributed by atoms with E-state index in [9.17, 15) is 22.8 Å². The Hall–Kier alpha value is -1.09. The first kappa shape index (κ1) is 19.9. The molecule has 0 saturated carbocycles. The molecule has 9 heteroatoms. The van der Waals surface area contributed by atoms with Crippen LogP contribution in [0.2, 0.25) is 19.6 Å². The Morgan fingerprint density at radius 3 is 1.86 bits per heavy atom. The van der Waals surface area contributed by atoms with Crippen LogP contribution in [-0.2, 0) is 23.5 Å². The van der Waals surface area contributed by atoms with Crippen molar-refractivity contribution in [2.75, 3.05) is 6.61 Å². The lowest BCUT2D eigenvalue weighted by Gasteiger charge is -2.36. The zero-order valence-corrected chi connectivity index (χ0v) is 14.0. The van der Waals surface area contributed by atoms with Crippen molar-refractivity contribution in [2.45, 2.75) is 58.3 Å². The lowest BCUT2D eigenvalue weighted by atomic mass is 10.0. The SMILES string of the molecule is CCOC(=O)C(O[Si](C)(C)C)(C(=O)OC(C)C)C(F)(F)F. The van der Waals surface area contributed by atoms with Gasteiger partial charge in [0.2, 0.25) is 0 Å². The third-order valence-corrected chi connectivity index (χ3v) is 2.97. The zero-order chi connectivity index (χ0) is 17.1. The highest BCUT2D eigenvalue weighted by molar-refractivity contribution is 6.70. The molecule has 0 radical (unpaired) electrons. The molecular weight excluding hydrogens is 309 g/mol. The Morgan fingerprint density at radius 2 is 1.57 bits per heavy atom. The van der Waals surface area contributed by atoms with Crippen molar-refractivity contribution in [3.63, 3.8) is 0 Å². The molecule has 0 aliphatic rings. The summed E-state index contributed by atoms with van der Waals surface area (Å²) < 4.78 is 54.4.